The van der Waals surface area contributed by atoms with Crippen LogP contribution in [0.25, 0.3) is 0 Å². The lowest BCUT2D eigenvalue weighted by Crippen LogP contribution is -1.88. The third kappa shape index (κ3) is 2.76. The molecule has 0 atom stereocenters. The molecular weight excluding hydrogens is 269 g/mol. The first-order valence-electron chi connectivity index (χ1n) is 5.24. The van der Waals surface area contributed by atoms with Gasteiger partial charge in [-0.25, -0.2) is 0 Å². The number of ether oxygens (including phenoxy) is 1. The first kappa shape index (κ1) is 12.8. The Morgan fingerprint density at radius 3 is 2.56 bits per heavy atom. The van der Waals surface area contributed by atoms with Crippen LogP contribution in [0.1, 0.15) is 11.1 Å². The van der Waals surface area contributed by atoms with Crippen molar-refractivity contribution < 1.29 is 4.74 Å². The van der Waals surface area contributed by atoms with Crippen LogP contribution in [-0.2, 0) is 0 Å². The molecule has 90 valence electrons. The van der Waals surface area contributed by atoms with Crippen LogP contribution in [-0.4, -0.2) is 0 Å². The Morgan fingerprint density at radius 1 is 1.11 bits per heavy atom. The van der Waals surface area contributed by atoms with E-state index in [2.05, 4.69) is 0 Å². The van der Waals surface area contributed by atoms with Gasteiger partial charge in [-0.05, 0) is 36.8 Å². The largest absolute Gasteiger partial charge is 0.457 e. The summed E-state index contributed by atoms with van der Waals surface area (Å²) in [5.74, 6) is 1.24. The molecule has 0 fully saturated rings. The Labute approximate surface area is 115 Å². The smallest absolute Gasteiger partial charge is 0.131 e. The Balaban J connectivity index is 2.32. The third-order valence-corrected chi connectivity index (χ3v) is 2.99. The molecule has 2 aromatic carbocycles. The van der Waals surface area contributed by atoms with E-state index in [0.29, 0.717) is 27.1 Å². The molecule has 18 heavy (non-hydrogen) atoms. The molecule has 4 heteroatoms. The fourth-order valence-electron chi connectivity index (χ4n) is 1.46. The zero-order chi connectivity index (χ0) is 13.1. The van der Waals surface area contributed by atoms with Crippen molar-refractivity contribution in [2.24, 2.45) is 0 Å². The lowest BCUT2D eigenvalue weighted by Gasteiger charge is -2.09. The SMILES string of the molecule is Cc1ccc(Cl)cc1Oc1ccc(C#N)c(Cl)c1. The van der Waals surface area contributed by atoms with Gasteiger partial charge in [0.25, 0.3) is 0 Å². The first-order valence-corrected chi connectivity index (χ1v) is 5.99. The minimum atomic E-state index is 0.370. The van der Waals surface area contributed by atoms with Gasteiger partial charge >= 0.3 is 0 Å². The molecule has 0 unspecified atom stereocenters. The molecule has 0 bridgehead atoms. The van der Waals surface area contributed by atoms with Gasteiger partial charge in [0.05, 0.1) is 10.6 Å². The van der Waals surface area contributed by atoms with Crippen LogP contribution < -0.4 is 4.74 Å². The van der Waals surface area contributed by atoms with Crippen molar-refractivity contribution in [1.29, 1.82) is 5.26 Å². The molecule has 0 heterocycles. The number of nitrogens with zero attached hydrogens (tertiary/aromatic N) is 1. The normalized spacial score (nSPS) is 9.89. The topological polar surface area (TPSA) is 33.0 Å². The van der Waals surface area contributed by atoms with Gasteiger partial charge in [0.1, 0.15) is 17.6 Å². The zero-order valence-corrected chi connectivity index (χ0v) is 11.1. The van der Waals surface area contributed by atoms with E-state index >= 15 is 0 Å². The van der Waals surface area contributed by atoms with E-state index in [-0.39, 0.29) is 0 Å². The number of benzene rings is 2. The summed E-state index contributed by atoms with van der Waals surface area (Å²) in [6.45, 7) is 1.93. The molecule has 0 aliphatic rings. The Kier molecular flexibility index (Phi) is 3.76. The molecule has 0 aliphatic heterocycles. The second-order valence-corrected chi connectivity index (χ2v) is 4.61. The van der Waals surface area contributed by atoms with Crippen molar-refractivity contribution in [3.63, 3.8) is 0 Å². The van der Waals surface area contributed by atoms with Gasteiger partial charge in [-0.1, -0.05) is 29.3 Å². The average molecular weight is 278 g/mol. The van der Waals surface area contributed by atoms with Crippen molar-refractivity contribution in [1.82, 2.24) is 0 Å². The summed E-state index contributed by atoms with van der Waals surface area (Å²) in [6.07, 6.45) is 0. The number of hydrogen-bond donors (Lipinski definition) is 0. The molecule has 0 spiro atoms. The summed E-state index contributed by atoms with van der Waals surface area (Å²) in [5, 5.41) is 9.76. The van der Waals surface area contributed by atoms with E-state index in [4.69, 9.17) is 33.2 Å². The van der Waals surface area contributed by atoms with E-state index in [1.165, 1.54) is 0 Å². The van der Waals surface area contributed by atoms with Gasteiger partial charge in [-0.2, -0.15) is 5.26 Å². The highest BCUT2D eigenvalue weighted by molar-refractivity contribution is 6.32. The number of halogens is 2. The molecule has 0 amide bonds. The van der Waals surface area contributed by atoms with Crippen LogP contribution in [0.3, 0.4) is 0 Å². The Morgan fingerprint density at radius 2 is 1.89 bits per heavy atom. The van der Waals surface area contributed by atoms with Gasteiger partial charge in [0, 0.05) is 11.1 Å². The number of aryl methyl sites for hydroxylation is 1. The van der Waals surface area contributed by atoms with Gasteiger partial charge in [-0.3, -0.25) is 0 Å². The Bertz CT molecular complexity index is 632. The van der Waals surface area contributed by atoms with E-state index in [0.717, 1.165) is 5.56 Å². The Hall–Kier alpha value is -1.69. The van der Waals surface area contributed by atoms with Crippen LogP contribution in [0.5, 0.6) is 11.5 Å². The monoisotopic (exact) mass is 277 g/mol. The summed E-state index contributed by atoms with van der Waals surface area (Å²) in [5.41, 5.74) is 1.40. The third-order valence-electron chi connectivity index (χ3n) is 2.44. The van der Waals surface area contributed by atoms with Crippen LogP contribution in [0, 0.1) is 18.3 Å². The summed E-state index contributed by atoms with van der Waals surface area (Å²) < 4.78 is 5.69. The number of nitriles is 1. The van der Waals surface area contributed by atoms with Crippen LogP contribution in [0.4, 0.5) is 0 Å². The van der Waals surface area contributed by atoms with Crippen molar-refractivity contribution >= 4 is 23.2 Å². The quantitative estimate of drug-likeness (QED) is 0.777. The van der Waals surface area contributed by atoms with E-state index < -0.39 is 0 Å². The van der Waals surface area contributed by atoms with Gasteiger partial charge in [0.2, 0.25) is 0 Å². The predicted octanol–water partition coefficient (Wildman–Crippen LogP) is 4.97. The summed E-state index contributed by atoms with van der Waals surface area (Å²) in [4.78, 5) is 0. The molecule has 2 nitrogen and oxygen atoms in total. The van der Waals surface area contributed by atoms with Crippen molar-refractivity contribution in [3.05, 3.63) is 57.6 Å². The molecule has 2 aromatic rings. The lowest BCUT2D eigenvalue weighted by molar-refractivity contribution is 0.479. The maximum absolute atomic E-state index is 8.79. The average Bonchev–Trinajstić information content (AvgIpc) is 2.34. The second kappa shape index (κ2) is 5.30. The summed E-state index contributed by atoms with van der Waals surface area (Å²) in [6, 6.07) is 12.3. The predicted molar refractivity (Wildman–Crippen MR) is 72.4 cm³/mol. The molecule has 0 aliphatic carbocycles. The van der Waals surface area contributed by atoms with Gasteiger partial charge < -0.3 is 4.74 Å². The zero-order valence-electron chi connectivity index (χ0n) is 9.58. The van der Waals surface area contributed by atoms with Crippen LogP contribution >= 0.6 is 23.2 Å². The number of hydrogen-bond acceptors (Lipinski definition) is 2. The molecular formula is C14H9Cl2NO. The molecule has 2 rings (SSSR count). The van der Waals surface area contributed by atoms with E-state index in [1.807, 2.05) is 19.1 Å². The summed E-state index contributed by atoms with van der Waals surface area (Å²) >= 11 is 11.9. The highest BCUT2D eigenvalue weighted by atomic mass is 35.5. The molecule has 0 saturated heterocycles. The lowest BCUT2D eigenvalue weighted by atomic mass is 10.2. The molecule has 0 N–H and O–H groups in total. The first-order chi connectivity index (χ1) is 8.60. The molecule has 0 radical (unpaired) electrons. The van der Waals surface area contributed by atoms with Gasteiger partial charge in [-0.15, -0.1) is 0 Å². The fraction of sp³-hybridized carbons (Fsp3) is 0.0714. The van der Waals surface area contributed by atoms with E-state index in [1.54, 1.807) is 30.3 Å². The molecule has 0 saturated carbocycles. The fourth-order valence-corrected chi connectivity index (χ4v) is 1.84. The highest BCUT2D eigenvalue weighted by Crippen LogP contribution is 2.30. The highest BCUT2D eigenvalue weighted by Gasteiger charge is 2.05. The summed E-state index contributed by atoms with van der Waals surface area (Å²) in [7, 11) is 0. The molecule has 0 aromatic heterocycles. The van der Waals surface area contributed by atoms with Crippen molar-refractivity contribution in [2.75, 3.05) is 0 Å². The van der Waals surface area contributed by atoms with Crippen LogP contribution in [0.2, 0.25) is 10.0 Å². The van der Waals surface area contributed by atoms with Crippen molar-refractivity contribution in [2.45, 2.75) is 6.92 Å². The maximum atomic E-state index is 8.79. The maximum Gasteiger partial charge on any atom is 0.131 e. The van der Waals surface area contributed by atoms with Crippen LogP contribution in [0.15, 0.2) is 36.4 Å². The minimum Gasteiger partial charge on any atom is -0.457 e. The standard InChI is InChI=1S/C14H9Cl2NO/c1-9-2-4-11(15)6-14(9)18-12-5-3-10(8-17)13(16)7-12/h2-7H,1H3. The van der Waals surface area contributed by atoms with Crippen molar-refractivity contribution in [3.8, 4) is 17.6 Å². The minimum absolute atomic E-state index is 0.370. The van der Waals surface area contributed by atoms with E-state index in [9.17, 15) is 0 Å². The second-order valence-electron chi connectivity index (χ2n) is 3.77. The number of rotatable bonds is 2. The van der Waals surface area contributed by atoms with Gasteiger partial charge in [0.15, 0.2) is 0 Å².